The average molecular weight is 244 g/mol. The summed E-state index contributed by atoms with van der Waals surface area (Å²) in [5.41, 5.74) is -0.555. The molecule has 0 aromatic carbocycles. The molecule has 2 rings (SSSR count). The van der Waals surface area contributed by atoms with Gasteiger partial charge in [-0.15, -0.1) is 5.10 Å². The van der Waals surface area contributed by atoms with Crippen LogP contribution < -0.4 is 0 Å². The molecule has 0 spiro atoms. The summed E-state index contributed by atoms with van der Waals surface area (Å²) in [6, 6.07) is 0. The van der Waals surface area contributed by atoms with Crippen molar-refractivity contribution in [3.05, 3.63) is 0 Å². The van der Waals surface area contributed by atoms with Gasteiger partial charge in [0.2, 0.25) is 5.16 Å². The van der Waals surface area contributed by atoms with E-state index >= 15 is 0 Å². The third kappa shape index (κ3) is 2.72. The Morgan fingerprint density at radius 1 is 1.38 bits per heavy atom. The number of aliphatic hydroxyl groups is 2. The summed E-state index contributed by atoms with van der Waals surface area (Å²) in [7, 11) is 0. The van der Waals surface area contributed by atoms with Crippen LogP contribution in [0.4, 0.5) is 0 Å². The van der Waals surface area contributed by atoms with E-state index in [2.05, 4.69) is 15.5 Å². The lowest BCUT2D eigenvalue weighted by Gasteiger charge is -2.20. The molecule has 1 saturated carbocycles. The zero-order valence-electron chi connectivity index (χ0n) is 9.04. The highest BCUT2D eigenvalue weighted by atomic mass is 32.2. The molecule has 90 valence electrons. The summed E-state index contributed by atoms with van der Waals surface area (Å²) in [4.78, 5) is 0. The number of aromatic nitrogens is 4. The number of aliphatic hydroxyl groups excluding tert-OH is 1. The summed E-state index contributed by atoms with van der Waals surface area (Å²) in [5, 5.41) is 30.8. The largest absolute Gasteiger partial charge is 0.394 e. The van der Waals surface area contributed by atoms with E-state index in [9.17, 15) is 5.11 Å². The molecule has 0 unspecified atom stereocenters. The first-order chi connectivity index (χ1) is 7.73. The minimum absolute atomic E-state index is 0.0167. The van der Waals surface area contributed by atoms with Crippen molar-refractivity contribution in [3.8, 4) is 0 Å². The number of tetrazole rings is 1. The monoisotopic (exact) mass is 244 g/mol. The molecule has 6 nitrogen and oxygen atoms in total. The fraction of sp³-hybridized carbons (Fsp3) is 0.889. The zero-order valence-corrected chi connectivity index (χ0v) is 9.86. The van der Waals surface area contributed by atoms with Gasteiger partial charge in [-0.1, -0.05) is 24.6 Å². The van der Waals surface area contributed by atoms with Crippen LogP contribution in [0.2, 0.25) is 0 Å². The molecule has 2 N–H and O–H groups in total. The number of rotatable bonds is 5. The molecule has 7 heteroatoms. The number of hydrogen-bond donors (Lipinski definition) is 2. The lowest BCUT2D eigenvalue weighted by Crippen LogP contribution is -2.27. The topological polar surface area (TPSA) is 84.1 Å². The molecule has 0 saturated heterocycles. The Balaban J connectivity index is 1.91. The van der Waals surface area contributed by atoms with Crippen molar-refractivity contribution in [3.63, 3.8) is 0 Å². The Hall–Kier alpha value is -0.660. The second-order valence-electron chi connectivity index (χ2n) is 4.13. The fourth-order valence-corrected chi connectivity index (χ4v) is 2.97. The van der Waals surface area contributed by atoms with Gasteiger partial charge in [0, 0.05) is 5.75 Å². The fourth-order valence-electron chi connectivity index (χ4n) is 1.91. The number of thioether (sulfide) groups is 1. The number of nitrogens with zero attached hydrogens (tertiary/aromatic N) is 4. The summed E-state index contributed by atoms with van der Waals surface area (Å²) < 4.78 is 1.56. The second-order valence-corrected chi connectivity index (χ2v) is 5.07. The lowest BCUT2D eigenvalue weighted by atomic mass is 10.1. The molecule has 1 aliphatic rings. The maximum atomic E-state index is 10.2. The van der Waals surface area contributed by atoms with Crippen LogP contribution in [-0.2, 0) is 6.54 Å². The molecule has 16 heavy (non-hydrogen) atoms. The normalized spacial score (nSPS) is 19.1. The van der Waals surface area contributed by atoms with E-state index < -0.39 is 5.60 Å². The first-order valence-corrected chi connectivity index (χ1v) is 6.44. The molecule has 0 atom stereocenters. The van der Waals surface area contributed by atoms with E-state index in [-0.39, 0.29) is 6.61 Å². The Morgan fingerprint density at radius 2 is 2.12 bits per heavy atom. The van der Waals surface area contributed by atoms with E-state index in [1.54, 1.807) is 4.68 Å². The summed E-state index contributed by atoms with van der Waals surface area (Å²) >= 11 is 1.46. The van der Waals surface area contributed by atoms with Crippen LogP contribution in [-0.4, -0.2) is 48.4 Å². The van der Waals surface area contributed by atoms with Crippen LogP contribution >= 0.6 is 11.8 Å². The minimum atomic E-state index is -0.555. The van der Waals surface area contributed by atoms with E-state index in [1.807, 2.05) is 0 Å². The standard InChI is InChI=1S/C9H16N4O2S/c14-6-5-13-8(10-11-12-13)16-7-9(15)3-1-2-4-9/h14-15H,1-7H2. The molecule has 1 aliphatic carbocycles. The highest BCUT2D eigenvalue weighted by molar-refractivity contribution is 7.99. The highest BCUT2D eigenvalue weighted by Crippen LogP contribution is 2.33. The van der Waals surface area contributed by atoms with Crippen molar-refractivity contribution in [2.24, 2.45) is 0 Å². The van der Waals surface area contributed by atoms with Crippen LogP contribution in [0.25, 0.3) is 0 Å². The van der Waals surface area contributed by atoms with Gasteiger partial charge in [0.1, 0.15) is 0 Å². The lowest BCUT2D eigenvalue weighted by molar-refractivity contribution is 0.0731. The van der Waals surface area contributed by atoms with Gasteiger partial charge in [-0.05, 0) is 23.3 Å². The Bertz CT molecular complexity index is 338. The Kier molecular flexibility index (Phi) is 3.78. The molecular formula is C9H16N4O2S. The van der Waals surface area contributed by atoms with Gasteiger partial charge in [0.25, 0.3) is 0 Å². The predicted molar refractivity (Wildman–Crippen MR) is 59.0 cm³/mol. The smallest absolute Gasteiger partial charge is 0.209 e. The van der Waals surface area contributed by atoms with Crippen molar-refractivity contribution in [2.75, 3.05) is 12.4 Å². The van der Waals surface area contributed by atoms with Gasteiger partial charge in [0.05, 0.1) is 18.8 Å². The first kappa shape index (κ1) is 11.8. The van der Waals surface area contributed by atoms with Crippen molar-refractivity contribution < 1.29 is 10.2 Å². The summed E-state index contributed by atoms with van der Waals surface area (Å²) in [6.45, 7) is 0.413. The summed E-state index contributed by atoms with van der Waals surface area (Å²) in [5.74, 6) is 0.624. The van der Waals surface area contributed by atoms with Gasteiger partial charge in [0.15, 0.2) is 0 Å². The molecule has 0 aliphatic heterocycles. The second kappa shape index (κ2) is 5.11. The molecule has 1 heterocycles. The quantitative estimate of drug-likeness (QED) is 0.713. The van der Waals surface area contributed by atoms with E-state index in [0.29, 0.717) is 17.5 Å². The summed E-state index contributed by atoms with van der Waals surface area (Å²) in [6.07, 6.45) is 3.92. The van der Waals surface area contributed by atoms with Crippen LogP contribution in [0.15, 0.2) is 5.16 Å². The van der Waals surface area contributed by atoms with Gasteiger partial charge in [-0.3, -0.25) is 0 Å². The van der Waals surface area contributed by atoms with E-state index in [0.717, 1.165) is 25.7 Å². The van der Waals surface area contributed by atoms with Gasteiger partial charge in [-0.2, -0.15) is 0 Å². The third-order valence-corrected chi connectivity index (χ3v) is 4.05. The molecule has 1 aromatic heterocycles. The van der Waals surface area contributed by atoms with Gasteiger partial charge < -0.3 is 10.2 Å². The SMILES string of the molecule is OCCn1nnnc1SCC1(O)CCCC1. The van der Waals surface area contributed by atoms with Crippen molar-refractivity contribution >= 4 is 11.8 Å². The third-order valence-electron chi connectivity index (χ3n) is 2.82. The Morgan fingerprint density at radius 3 is 2.81 bits per heavy atom. The minimum Gasteiger partial charge on any atom is -0.394 e. The highest BCUT2D eigenvalue weighted by Gasteiger charge is 2.31. The van der Waals surface area contributed by atoms with Gasteiger partial charge >= 0.3 is 0 Å². The maximum Gasteiger partial charge on any atom is 0.209 e. The van der Waals surface area contributed by atoms with Crippen LogP contribution in [0.5, 0.6) is 0 Å². The molecule has 1 aromatic rings. The molecule has 0 radical (unpaired) electrons. The van der Waals surface area contributed by atoms with Crippen LogP contribution in [0.3, 0.4) is 0 Å². The van der Waals surface area contributed by atoms with Crippen LogP contribution in [0, 0.1) is 0 Å². The van der Waals surface area contributed by atoms with Crippen molar-refractivity contribution in [1.29, 1.82) is 0 Å². The predicted octanol–water partition coefficient (Wildman–Crippen LogP) is 0.0626. The molecule has 1 fully saturated rings. The zero-order chi connectivity index (χ0) is 11.4. The van der Waals surface area contributed by atoms with E-state index in [4.69, 9.17) is 5.11 Å². The van der Waals surface area contributed by atoms with Crippen molar-refractivity contribution in [1.82, 2.24) is 20.2 Å². The van der Waals surface area contributed by atoms with Crippen molar-refractivity contribution in [2.45, 2.75) is 43.0 Å². The van der Waals surface area contributed by atoms with Gasteiger partial charge in [-0.25, -0.2) is 4.68 Å². The number of hydrogen-bond acceptors (Lipinski definition) is 6. The van der Waals surface area contributed by atoms with E-state index in [1.165, 1.54) is 11.8 Å². The maximum absolute atomic E-state index is 10.2. The first-order valence-electron chi connectivity index (χ1n) is 5.46. The van der Waals surface area contributed by atoms with Crippen LogP contribution in [0.1, 0.15) is 25.7 Å². The molecular weight excluding hydrogens is 228 g/mol. The molecule has 0 amide bonds. The average Bonchev–Trinajstić information content (AvgIpc) is 2.86. The Labute approximate surface area is 98.0 Å². The molecule has 0 bridgehead atoms.